The van der Waals surface area contributed by atoms with E-state index in [-0.39, 0.29) is 35.8 Å². The third-order valence-electron chi connectivity index (χ3n) is 3.79. The van der Waals surface area contributed by atoms with Gasteiger partial charge in [-0.05, 0) is 19.1 Å². The number of nitrogens with one attached hydrogen (secondary N) is 2. The molecule has 0 saturated carbocycles. The van der Waals surface area contributed by atoms with E-state index >= 15 is 0 Å². The minimum absolute atomic E-state index is 0. The molecule has 0 fully saturated rings. The van der Waals surface area contributed by atoms with Crippen molar-refractivity contribution in [3.8, 4) is 11.5 Å². The summed E-state index contributed by atoms with van der Waals surface area (Å²) in [6, 6.07) is 14.0. The van der Waals surface area contributed by atoms with Crippen molar-refractivity contribution in [2.75, 3.05) is 20.7 Å². The van der Waals surface area contributed by atoms with Gasteiger partial charge in [0.2, 0.25) is 0 Å². The zero-order chi connectivity index (χ0) is 19.6. The van der Waals surface area contributed by atoms with E-state index in [1.807, 2.05) is 31.2 Å². The molecule has 0 amide bonds. The number of nitro benzene ring substituents is 1. The molecule has 0 aliphatic rings. The molecule has 0 aliphatic carbocycles. The second-order valence-electron chi connectivity index (χ2n) is 5.80. The van der Waals surface area contributed by atoms with Gasteiger partial charge in [0.25, 0.3) is 5.69 Å². The fraction of sp³-hybridized carbons (Fsp3) is 0.316. The Kier molecular flexibility index (Phi) is 10.1. The Morgan fingerprint density at radius 3 is 2.57 bits per heavy atom. The number of aliphatic imine (C=N–C) groups is 1. The van der Waals surface area contributed by atoms with Crippen LogP contribution in [0.3, 0.4) is 0 Å². The number of rotatable bonds is 8. The molecule has 2 aromatic rings. The maximum absolute atomic E-state index is 11.1. The average Bonchev–Trinajstić information content (AvgIpc) is 2.68. The van der Waals surface area contributed by atoms with Gasteiger partial charge in [-0.15, -0.1) is 24.0 Å². The van der Waals surface area contributed by atoms with Crippen LogP contribution in [0, 0.1) is 10.1 Å². The normalized spacial score (nSPS) is 11.8. The zero-order valence-corrected chi connectivity index (χ0v) is 18.4. The summed E-state index contributed by atoms with van der Waals surface area (Å²) in [7, 11) is 3.25. The van der Waals surface area contributed by atoms with Gasteiger partial charge in [-0.1, -0.05) is 24.3 Å². The summed E-state index contributed by atoms with van der Waals surface area (Å²) < 4.78 is 11.0. The Morgan fingerprint density at radius 2 is 1.89 bits per heavy atom. The van der Waals surface area contributed by atoms with Crippen molar-refractivity contribution in [3.05, 3.63) is 64.2 Å². The monoisotopic (exact) mass is 500 g/mol. The van der Waals surface area contributed by atoms with Gasteiger partial charge in [0, 0.05) is 31.3 Å². The van der Waals surface area contributed by atoms with Crippen LogP contribution in [-0.4, -0.2) is 37.7 Å². The molecule has 0 bridgehead atoms. The Bertz CT molecular complexity index is 801. The minimum atomic E-state index is -0.392. The number of methoxy groups -OCH3 is 1. The van der Waals surface area contributed by atoms with Crippen molar-refractivity contribution in [3.63, 3.8) is 0 Å². The fourth-order valence-electron chi connectivity index (χ4n) is 2.43. The summed E-state index contributed by atoms with van der Waals surface area (Å²) in [5.41, 5.74) is 0.668. The van der Waals surface area contributed by atoms with Gasteiger partial charge >= 0.3 is 0 Å². The summed E-state index contributed by atoms with van der Waals surface area (Å²) in [6.07, 6.45) is -0.123. The van der Waals surface area contributed by atoms with Crippen LogP contribution in [-0.2, 0) is 6.54 Å². The summed E-state index contributed by atoms with van der Waals surface area (Å²) >= 11 is 0. The van der Waals surface area contributed by atoms with E-state index in [4.69, 9.17) is 9.47 Å². The maximum atomic E-state index is 11.1. The smallest absolute Gasteiger partial charge is 0.274 e. The van der Waals surface area contributed by atoms with Crippen molar-refractivity contribution in [2.45, 2.75) is 19.6 Å². The van der Waals surface area contributed by atoms with Gasteiger partial charge < -0.3 is 20.1 Å². The first-order valence-corrected chi connectivity index (χ1v) is 8.51. The van der Waals surface area contributed by atoms with Gasteiger partial charge in [0.15, 0.2) is 5.96 Å². The lowest BCUT2D eigenvalue weighted by atomic mass is 10.2. The van der Waals surface area contributed by atoms with E-state index in [1.54, 1.807) is 32.4 Å². The van der Waals surface area contributed by atoms with Gasteiger partial charge in [-0.2, -0.15) is 0 Å². The Hall–Kier alpha value is -2.56. The third kappa shape index (κ3) is 7.22. The van der Waals surface area contributed by atoms with Crippen LogP contribution >= 0.6 is 24.0 Å². The van der Waals surface area contributed by atoms with Crippen molar-refractivity contribution in [1.29, 1.82) is 0 Å². The maximum Gasteiger partial charge on any atom is 0.274 e. The van der Waals surface area contributed by atoms with Gasteiger partial charge in [0.05, 0.1) is 18.6 Å². The molecule has 0 aliphatic heterocycles. The second kappa shape index (κ2) is 12.0. The predicted octanol–water partition coefficient (Wildman–Crippen LogP) is 3.35. The quantitative estimate of drug-likeness (QED) is 0.190. The number of halogens is 1. The van der Waals surface area contributed by atoms with E-state index in [9.17, 15) is 10.1 Å². The van der Waals surface area contributed by atoms with Gasteiger partial charge in [-0.25, -0.2) is 0 Å². The van der Waals surface area contributed by atoms with Crippen molar-refractivity contribution in [1.82, 2.24) is 10.6 Å². The highest BCUT2D eigenvalue weighted by molar-refractivity contribution is 14.0. The van der Waals surface area contributed by atoms with E-state index < -0.39 is 4.92 Å². The third-order valence-corrected chi connectivity index (χ3v) is 3.79. The lowest BCUT2D eigenvalue weighted by Gasteiger charge is -2.18. The van der Waals surface area contributed by atoms with Gasteiger partial charge in [-0.3, -0.25) is 15.1 Å². The first-order chi connectivity index (χ1) is 13.0. The Balaban J connectivity index is 0.00000392. The molecule has 0 aromatic heterocycles. The molecular formula is C19H25IN4O4. The molecule has 0 saturated heterocycles. The molecule has 2 N–H and O–H groups in total. The number of nitro groups is 1. The van der Waals surface area contributed by atoms with Crippen LogP contribution in [0.5, 0.6) is 11.5 Å². The molecular weight excluding hydrogens is 475 g/mol. The molecule has 28 heavy (non-hydrogen) atoms. The molecule has 1 unspecified atom stereocenters. The number of nitrogens with zero attached hydrogens (tertiary/aromatic N) is 2. The molecule has 0 spiro atoms. The van der Waals surface area contributed by atoms with E-state index in [0.29, 0.717) is 30.4 Å². The zero-order valence-electron chi connectivity index (χ0n) is 16.0. The van der Waals surface area contributed by atoms with Gasteiger partial charge in [0.1, 0.15) is 17.6 Å². The summed E-state index contributed by atoms with van der Waals surface area (Å²) in [5, 5.41) is 17.3. The molecule has 1 atom stereocenters. The highest BCUT2D eigenvalue weighted by Crippen LogP contribution is 2.20. The SMILES string of the molecule is CN=C(NCc1ccccc1[N+](=O)[O-])NCC(C)Oc1cccc(OC)c1.I. The highest BCUT2D eigenvalue weighted by Gasteiger charge is 2.13. The van der Waals surface area contributed by atoms with E-state index in [1.165, 1.54) is 6.07 Å². The summed E-state index contributed by atoms with van der Waals surface area (Å²) in [5.74, 6) is 1.98. The van der Waals surface area contributed by atoms with E-state index in [0.717, 1.165) is 5.75 Å². The Morgan fingerprint density at radius 1 is 1.18 bits per heavy atom. The first kappa shape index (κ1) is 23.5. The Labute approximate surface area is 181 Å². The topological polar surface area (TPSA) is 98.0 Å². The van der Waals surface area contributed by atoms with E-state index in [2.05, 4.69) is 15.6 Å². The van der Waals surface area contributed by atoms with Crippen LogP contribution in [0.2, 0.25) is 0 Å². The number of guanidine groups is 1. The lowest BCUT2D eigenvalue weighted by Crippen LogP contribution is -2.41. The molecule has 2 rings (SSSR count). The van der Waals surface area contributed by atoms with Crippen molar-refractivity contribution in [2.24, 2.45) is 4.99 Å². The summed E-state index contributed by atoms with van der Waals surface area (Å²) in [4.78, 5) is 14.8. The van der Waals surface area contributed by atoms with Crippen LogP contribution < -0.4 is 20.1 Å². The number of para-hydroxylation sites is 1. The minimum Gasteiger partial charge on any atom is -0.497 e. The second-order valence-corrected chi connectivity index (χ2v) is 5.80. The predicted molar refractivity (Wildman–Crippen MR) is 120 cm³/mol. The standard InChI is InChI=1S/C19H24N4O4.HI/c1-14(27-17-9-6-8-16(11-17)26-3)12-21-19(20-2)22-13-15-7-4-5-10-18(15)23(24)25;/h4-11,14H,12-13H2,1-3H3,(H2,20,21,22);1H. The molecule has 0 heterocycles. The molecule has 0 radical (unpaired) electrons. The molecule has 8 nitrogen and oxygen atoms in total. The number of hydrogen-bond acceptors (Lipinski definition) is 5. The van der Waals surface area contributed by atoms with Crippen molar-refractivity contribution >= 4 is 35.6 Å². The lowest BCUT2D eigenvalue weighted by molar-refractivity contribution is -0.385. The fourth-order valence-corrected chi connectivity index (χ4v) is 2.43. The largest absolute Gasteiger partial charge is 0.497 e. The molecule has 2 aromatic carbocycles. The van der Waals surface area contributed by atoms with Crippen LogP contribution in [0.1, 0.15) is 12.5 Å². The number of ether oxygens (including phenoxy) is 2. The van der Waals surface area contributed by atoms with Crippen molar-refractivity contribution < 1.29 is 14.4 Å². The molecule has 152 valence electrons. The summed E-state index contributed by atoms with van der Waals surface area (Å²) in [6.45, 7) is 2.73. The highest BCUT2D eigenvalue weighted by atomic mass is 127. The van der Waals surface area contributed by atoms with Crippen LogP contribution in [0.4, 0.5) is 5.69 Å². The average molecular weight is 500 g/mol. The number of hydrogen-bond donors (Lipinski definition) is 2. The molecule has 9 heteroatoms. The van der Waals surface area contributed by atoms with Crippen LogP contribution in [0.15, 0.2) is 53.5 Å². The first-order valence-electron chi connectivity index (χ1n) is 8.51. The number of benzene rings is 2. The van der Waals surface area contributed by atoms with Crippen LogP contribution in [0.25, 0.3) is 0 Å².